The van der Waals surface area contributed by atoms with E-state index >= 15 is 0 Å². The van der Waals surface area contributed by atoms with Crippen molar-refractivity contribution in [2.45, 2.75) is 33.4 Å². The number of fused-ring (bicyclic) bond motifs is 1. The first-order valence-electron chi connectivity index (χ1n) is 8.09. The van der Waals surface area contributed by atoms with Gasteiger partial charge in [-0.15, -0.1) is 0 Å². The van der Waals surface area contributed by atoms with Crippen molar-refractivity contribution in [2.24, 2.45) is 0 Å². The number of hydrogen-bond acceptors (Lipinski definition) is 5. The first-order chi connectivity index (χ1) is 12.3. The number of aromatic nitrogens is 2. The minimum absolute atomic E-state index is 0.0120. The summed E-state index contributed by atoms with van der Waals surface area (Å²) in [5.41, 5.74) is 3.31. The number of carbonyl (C=O) groups is 2. The summed E-state index contributed by atoms with van der Waals surface area (Å²) < 4.78 is 1.45. The maximum absolute atomic E-state index is 11.7. The van der Waals surface area contributed by atoms with Crippen molar-refractivity contribution in [1.29, 1.82) is 0 Å². The highest BCUT2D eigenvalue weighted by molar-refractivity contribution is 5.75. The highest BCUT2D eigenvalue weighted by atomic mass is 16.6. The molecule has 1 N–H and O–H groups in total. The number of aryl methyl sites for hydroxylation is 1. The Balaban J connectivity index is 2.11. The summed E-state index contributed by atoms with van der Waals surface area (Å²) in [5, 5.41) is 24.6. The number of carbonyl (C=O) groups excluding carboxylic acids is 1. The van der Waals surface area contributed by atoms with Gasteiger partial charge >= 0.3 is 5.97 Å². The Morgan fingerprint density at radius 1 is 1.38 bits per heavy atom. The van der Waals surface area contributed by atoms with E-state index < -0.39 is 10.9 Å². The van der Waals surface area contributed by atoms with Gasteiger partial charge in [-0.25, -0.2) is 0 Å². The van der Waals surface area contributed by atoms with Crippen LogP contribution >= 0.6 is 0 Å². The van der Waals surface area contributed by atoms with E-state index in [1.54, 1.807) is 24.0 Å². The van der Waals surface area contributed by atoms with Gasteiger partial charge in [-0.1, -0.05) is 0 Å². The number of amides is 1. The summed E-state index contributed by atoms with van der Waals surface area (Å²) in [5.74, 6) is -1.07. The highest BCUT2D eigenvalue weighted by Crippen LogP contribution is 2.32. The number of benzene rings is 1. The lowest BCUT2D eigenvalue weighted by Gasteiger charge is -2.26. The Morgan fingerprint density at radius 2 is 2.12 bits per heavy atom. The van der Waals surface area contributed by atoms with Crippen molar-refractivity contribution < 1.29 is 19.6 Å². The molecule has 2 heterocycles. The standard InChI is InChI=1S/C17H18N4O5/c1-10-7-12(3-4-14(10)21(25)26)17-13-8-19(11(2)22)6-5-15(13)20(18-17)9-16(23)24/h3-4,7H,5-6,8-9H2,1-2H3,(H,23,24). The molecule has 0 spiro atoms. The topological polar surface area (TPSA) is 119 Å². The molecule has 3 rings (SSSR count). The molecule has 1 amide bonds. The summed E-state index contributed by atoms with van der Waals surface area (Å²) in [4.78, 5) is 35.1. The van der Waals surface area contributed by atoms with Crippen molar-refractivity contribution in [3.05, 3.63) is 45.1 Å². The molecule has 2 aromatic rings. The molecule has 0 radical (unpaired) electrons. The predicted octanol–water partition coefficient (Wildman–Crippen LogP) is 1.76. The first-order valence-corrected chi connectivity index (χ1v) is 8.09. The van der Waals surface area contributed by atoms with E-state index in [2.05, 4.69) is 5.10 Å². The van der Waals surface area contributed by atoms with Gasteiger partial charge in [0.25, 0.3) is 5.69 Å². The number of carboxylic acids is 1. The summed E-state index contributed by atoms with van der Waals surface area (Å²) >= 11 is 0. The molecule has 0 saturated carbocycles. The van der Waals surface area contributed by atoms with Crippen LogP contribution in [0.5, 0.6) is 0 Å². The van der Waals surface area contributed by atoms with Crippen LogP contribution in [0.2, 0.25) is 0 Å². The van der Waals surface area contributed by atoms with Gasteiger partial charge in [-0.2, -0.15) is 5.10 Å². The van der Waals surface area contributed by atoms with E-state index in [0.717, 1.165) is 11.3 Å². The fourth-order valence-corrected chi connectivity index (χ4v) is 3.26. The molecule has 1 aliphatic heterocycles. The fraction of sp³-hybridized carbons (Fsp3) is 0.353. The third kappa shape index (κ3) is 3.15. The first kappa shape index (κ1) is 17.6. The van der Waals surface area contributed by atoms with Gasteiger partial charge in [0.15, 0.2) is 0 Å². The molecule has 1 aliphatic rings. The molecule has 0 saturated heterocycles. The van der Waals surface area contributed by atoms with Crippen LogP contribution < -0.4 is 0 Å². The lowest BCUT2D eigenvalue weighted by atomic mass is 9.99. The van der Waals surface area contributed by atoms with Crippen molar-refractivity contribution in [3.63, 3.8) is 0 Å². The van der Waals surface area contributed by atoms with Gasteiger partial charge in [0.05, 0.1) is 10.6 Å². The van der Waals surface area contributed by atoms with Crippen LogP contribution in [0.4, 0.5) is 5.69 Å². The minimum atomic E-state index is -1.00. The van der Waals surface area contributed by atoms with Gasteiger partial charge in [-0.05, 0) is 19.1 Å². The van der Waals surface area contributed by atoms with Crippen molar-refractivity contribution in [2.75, 3.05) is 6.54 Å². The number of hydrogen-bond donors (Lipinski definition) is 1. The Bertz CT molecular complexity index is 918. The zero-order valence-corrected chi connectivity index (χ0v) is 14.4. The zero-order valence-electron chi connectivity index (χ0n) is 14.4. The average molecular weight is 358 g/mol. The molecule has 0 unspecified atom stereocenters. The molecule has 1 aromatic carbocycles. The molecule has 0 aliphatic carbocycles. The SMILES string of the molecule is CC(=O)N1CCc2c(c(-c3ccc([N+](=O)[O-])c(C)c3)nn2CC(=O)O)C1. The van der Waals surface area contributed by atoms with Gasteiger partial charge in [0.1, 0.15) is 6.54 Å². The molecule has 9 heteroatoms. The Labute approximate surface area is 149 Å². The van der Waals surface area contributed by atoms with Crippen LogP contribution in [0.25, 0.3) is 11.3 Å². The third-order valence-corrected chi connectivity index (χ3v) is 4.53. The average Bonchev–Trinajstić information content (AvgIpc) is 2.91. The Hall–Kier alpha value is -3.23. The van der Waals surface area contributed by atoms with Crippen LogP contribution in [-0.2, 0) is 29.1 Å². The minimum Gasteiger partial charge on any atom is -0.480 e. The summed E-state index contributed by atoms with van der Waals surface area (Å²) in [6.07, 6.45) is 0.515. The van der Waals surface area contributed by atoms with Gasteiger partial charge in [0.2, 0.25) is 5.91 Å². The number of rotatable bonds is 4. The van der Waals surface area contributed by atoms with Crippen LogP contribution in [0, 0.1) is 17.0 Å². The molecule has 9 nitrogen and oxygen atoms in total. The molecule has 0 atom stereocenters. The second-order valence-corrected chi connectivity index (χ2v) is 6.27. The van der Waals surface area contributed by atoms with E-state index in [9.17, 15) is 19.7 Å². The molecular weight excluding hydrogens is 340 g/mol. The number of nitro groups is 1. The Kier molecular flexibility index (Phi) is 4.45. The second-order valence-electron chi connectivity index (χ2n) is 6.27. The number of nitro benzene ring substituents is 1. The van der Waals surface area contributed by atoms with E-state index in [0.29, 0.717) is 36.3 Å². The maximum atomic E-state index is 11.7. The summed E-state index contributed by atoms with van der Waals surface area (Å²) in [7, 11) is 0. The van der Waals surface area contributed by atoms with Gasteiger partial charge < -0.3 is 10.0 Å². The predicted molar refractivity (Wildman–Crippen MR) is 91.5 cm³/mol. The quantitative estimate of drug-likeness (QED) is 0.657. The normalized spacial score (nSPS) is 13.4. The van der Waals surface area contributed by atoms with E-state index in [1.165, 1.54) is 17.7 Å². The van der Waals surface area contributed by atoms with Crippen molar-refractivity contribution >= 4 is 17.6 Å². The highest BCUT2D eigenvalue weighted by Gasteiger charge is 2.28. The van der Waals surface area contributed by atoms with E-state index in [4.69, 9.17) is 5.11 Å². The maximum Gasteiger partial charge on any atom is 0.325 e. The van der Waals surface area contributed by atoms with Gasteiger partial charge in [0, 0.05) is 54.9 Å². The molecule has 136 valence electrons. The molecule has 0 bridgehead atoms. The summed E-state index contributed by atoms with van der Waals surface area (Å²) in [6, 6.07) is 4.68. The molecular formula is C17H18N4O5. The fourth-order valence-electron chi connectivity index (χ4n) is 3.26. The summed E-state index contributed by atoms with van der Waals surface area (Å²) in [6.45, 7) is 3.71. The lowest BCUT2D eigenvalue weighted by molar-refractivity contribution is -0.385. The molecule has 0 fully saturated rings. The zero-order chi connectivity index (χ0) is 19.0. The lowest BCUT2D eigenvalue weighted by Crippen LogP contribution is -2.35. The molecule has 26 heavy (non-hydrogen) atoms. The van der Waals surface area contributed by atoms with Crippen LogP contribution in [0.1, 0.15) is 23.7 Å². The monoisotopic (exact) mass is 358 g/mol. The molecule has 1 aromatic heterocycles. The number of aliphatic carboxylic acids is 1. The smallest absolute Gasteiger partial charge is 0.325 e. The van der Waals surface area contributed by atoms with Crippen molar-refractivity contribution in [1.82, 2.24) is 14.7 Å². The van der Waals surface area contributed by atoms with Gasteiger partial charge in [-0.3, -0.25) is 24.4 Å². The number of nitrogens with zero attached hydrogens (tertiary/aromatic N) is 4. The second kappa shape index (κ2) is 6.58. The van der Waals surface area contributed by atoms with Crippen LogP contribution in [0.3, 0.4) is 0 Å². The number of carboxylic acid groups (broad SMARTS) is 1. The van der Waals surface area contributed by atoms with Crippen molar-refractivity contribution in [3.8, 4) is 11.3 Å². The Morgan fingerprint density at radius 3 is 2.69 bits per heavy atom. The third-order valence-electron chi connectivity index (χ3n) is 4.53. The van der Waals surface area contributed by atoms with E-state index in [-0.39, 0.29) is 18.1 Å². The van der Waals surface area contributed by atoms with Crippen LogP contribution in [0.15, 0.2) is 18.2 Å². The largest absolute Gasteiger partial charge is 0.480 e. The van der Waals surface area contributed by atoms with Crippen LogP contribution in [-0.4, -0.2) is 43.1 Å². The van der Waals surface area contributed by atoms with E-state index in [1.807, 2.05) is 0 Å².